The van der Waals surface area contributed by atoms with Gasteiger partial charge in [-0.05, 0) is 205 Å². The van der Waals surface area contributed by atoms with Crippen LogP contribution in [-0.2, 0) is 25.7 Å². The average Bonchev–Trinajstić information content (AvgIpc) is 1.57. The molecule has 28 nitrogen and oxygen atoms in total. The maximum Gasteiger partial charge on any atom is 0.324 e. The number of fused-ring (bicyclic) bond motifs is 15. The van der Waals surface area contributed by atoms with Crippen molar-refractivity contribution in [3.05, 3.63) is 213 Å². The zero-order valence-corrected chi connectivity index (χ0v) is 71.9. The van der Waals surface area contributed by atoms with Crippen LogP contribution in [0.2, 0.25) is 0 Å². The van der Waals surface area contributed by atoms with Crippen molar-refractivity contribution in [1.82, 2.24) is 70.4 Å². The highest BCUT2D eigenvalue weighted by Gasteiger charge is 2.56. The molecule has 6 saturated heterocycles. The second kappa shape index (κ2) is 32.1. The van der Waals surface area contributed by atoms with Gasteiger partial charge in [0.05, 0.1) is 47.6 Å². The first-order valence-electron chi connectivity index (χ1n) is 43.6. The van der Waals surface area contributed by atoms with Gasteiger partial charge in [0.25, 0.3) is 0 Å². The van der Waals surface area contributed by atoms with Crippen molar-refractivity contribution in [2.24, 2.45) is 34.1 Å². The number of piperidine rings is 1. The molecule has 6 atom stereocenters. The number of nitrogens with zero attached hydrogens (tertiary/aromatic N) is 16. The van der Waals surface area contributed by atoms with Crippen LogP contribution in [0.5, 0.6) is 47.0 Å². The van der Waals surface area contributed by atoms with Gasteiger partial charge in [-0.15, -0.1) is 0 Å². The van der Waals surface area contributed by atoms with Gasteiger partial charge >= 0.3 is 24.0 Å². The zero-order chi connectivity index (χ0) is 87.0. The van der Waals surface area contributed by atoms with Crippen LogP contribution in [0.3, 0.4) is 0 Å². The molecule has 32 heteroatoms. The molecule has 0 radical (unpaired) electrons. The van der Waals surface area contributed by atoms with Crippen molar-refractivity contribution in [1.29, 1.82) is 0 Å². The van der Waals surface area contributed by atoms with Gasteiger partial charge in [0, 0.05) is 230 Å². The smallest absolute Gasteiger partial charge is 0.324 e. The van der Waals surface area contributed by atoms with Crippen LogP contribution >= 0.6 is 0 Å². The fourth-order valence-electron chi connectivity index (χ4n) is 20.4. The van der Waals surface area contributed by atoms with Crippen LogP contribution in [0, 0.1) is 73.6 Å². The minimum Gasteiger partial charge on any atom is -0.423 e. The number of rotatable bonds is 16. The molecule has 2 bridgehead atoms. The molecule has 8 aromatic heterocycles. The molecule has 6 aliphatic heterocycles. The summed E-state index contributed by atoms with van der Waals surface area (Å²) in [5, 5.41) is 19.6. The quantitative estimate of drug-likeness (QED) is 0.0417. The van der Waals surface area contributed by atoms with Gasteiger partial charge in [0.15, 0.2) is 0 Å². The third kappa shape index (κ3) is 15.4. The molecule has 6 aliphatic carbocycles. The van der Waals surface area contributed by atoms with Crippen molar-refractivity contribution in [3.63, 3.8) is 0 Å². The fourth-order valence-corrected chi connectivity index (χ4v) is 20.4. The van der Waals surface area contributed by atoms with E-state index in [-0.39, 0.29) is 58.2 Å². The first-order chi connectivity index (χ1) is 61.6. The predicted octanol–water partition coefficient (Wildman–Crippen LogP) is 14.0. The molecule has 5 unspecified atom stereocenters. The van der Waals surface area contributed by atoms with Crippen LogP contribution in [0.15, 0.2) is 122 Å². The molecular formula is C95H98F4N24O4. The number of halogens is 4. The standard InChI is InChI=1S/3C24H25FN6O.C23H23FN6O/c1-13-3-17(10-27-8-13)32-24-29-21-7-18-19(5-15(25)6-20(18)26-2)22(21)23(30-24)31-11-14-4-16(12-31)28-9-14;2*1-13-5-15(10-28-9-13)32-23-29-19-8-16-17(6-14(25)7-18(16)27-2)21(19)22(30-23)31-11-20(26)24(12-31)3-4-24;1-12-3-15(9-26-7-12)31-23-28-19-6-16-17(4-14(24)5-18(16)25-2)21(19)22(29-23)30-10-13-8-27-20(13)11-30/h3,5-6,8,10,14,16,26,28H,4,7,9,11-12H2,1-2H3;2*5-7,9-10,20,27H,3-4,8,11-12,26H2,1-2H3;3-5,7,9,13,20,25,27H,6,8,10-11H2,1-2H3/t;20-;;/m.0../s1. The monoisotopic (exact) mass is 1710 g/mol. The maximum atomic E-state index is 14.5. The lowest BCUT2D eigenvalue weighted by atomic mass is 9.96. The Labute approximate surface area is 732 Å². The Kier molecular flexibility index (Phi) is 20.5. The van der Waals surface area contributed by atoms with Crippen molar-refractivity contribution in [2.75, 3.05) is 135 Å². The van der Waals surface area contributed by atoms with E-state index in [1.807, 2.05) is 66.1 Å². The highest BCUT2D eigenvalue weighted by Crippen LogP contribution is 2.58. The summed E-state index contributed by atoms with van der Waals surface area (Å²) in [6.45, 7) is 16.7. The number of aryl methyl sites for hydroxylation is 4. The molecule has 4 aromatic carbocycles. The molecule has 12 aromatic rings. The topological polar surface area (TPSA) is 329 Å². The summed E-state index contributed by atoms with van der Waals surface area (Å²) in [6.07, 6.45) is 21.9. The summed E-state index contributed by atoms with van der Waals surface area (Å²) < 4.78 is 81.9. The number of hydrogen-bond donors (Lipinski definition) is 8. The summed E-state index contributed by atoms with van der Waals surface area (Å²) in [4.78, 5) is 64.2. The van der Waals surface area contributed by atoms with E-state index in [9.17, 15) is 17.6 Å². The summed E-state index contributed by atoms with van der Waals surface area (Å²) in [5.74, 6) is 5.70. The fraction of sp³-hybridized carbons (Fsp3) is 0.368. The molecule has 10 N–H and O–H groups in total. The summed E-state index contributed by atoms with van der Waals surface area (Å²) >= 11 is 0. The maximum absolute atomic E-state index is 14.5. The van der Waals surface area contributed by atoms with Gasteiger partial charge in [-0.3, -0.25) is 19.9 Å². The predicted molar refractivity (Wildman–Crippen MR) is 479 cm³/mol. The van der Waals surface area contributed by atoms with Gasteiger partial charge in [-0.2, -0.15) is 39.9 Å². The molecule has 650 valence electrons. The van der Waals surface area contributed by atoms with E-state index in [2.05, 4.69) is 71.4 Å². The van der Waals surface area contributed by atoms with Gasteiger partial charge < -0.3 is 81.9 Å². The third-order valence-corrected chi connectivity index (χ3v) is 27.1. The molecule has 2 spiro atoms. The average molecular weight is 1720 g/mol. The number of anilines is 8. The Morgan fingerprint density at radius 1 is 0.370 bits per heavy atom. The lowest BCUT2D eigenvalue weighted by molar-refractivity contribution is 0.297. The molecule has 2 saturated carbocycles. The first kappa shape index (κ1) is 81.0. The summed E-state index contributed by atoms with van der Waals surface area (Å²) in [7, 11) is 7.24. The van der Waals surface area contributed by atoms with E-state index in [0.717, 1.165) is 249 Å². The van der Waals surface area contributed by atoms with Crippen LogP contribution < -0.4 is 81.9 Å². The highest BCUT2D eigenvalue weighted by atomic mass is 19.1. The van der Waals surface area contributed by atoms with Gasteiger partial charge in [-0.25, -0.2) is 17.6 Å². The minimum atomic E-state index is -0.283. The highest BCUT2D eigenvalue weighted by molar-refractivity contribution is 5.92. The van der Waals surface area contributed by atoms with E-state index >= 15 is 0 Å². The number of aromatic nitrogens is 12. The molecule has 8 fully saturated rings. The molecule has 12 aliphatic rings. The molecular weight excluding hydrogens is 1620 g/mol. The van der Waals surface area contributed by atoms with E-state index in [0.29, 0.717) is 84.6 Å². The second-order valence-electron chi connectivity index (χ2n) is 35.9. The SMILES string of the molecule is CNc1cc(F)cc2c1Cc1nc(Oc3cncc(C)c3)nc(N3CC(N)C4(CC4)C3)c1-2.CNc1cc(F)cc2c1Cc1nc(Oc3cncc(C)c3)nc(N3CC4CNC(C4)C3)c1-2.CNc1cc(F)cc2c1Cc1nc(Oc3cncc(C)c3)nc(N3CC4CNC4C3)c1-2.CNc1cc(F)cc2c1Cc1nc(Oc3cncc(C)c3)nc(N3C[C@H](N)C4(CC4)C3)c1-2. The van der Waals surface area contributed by atoms with Gasteiger partial charge in [0.1, 0.15) is 69.5 Å². The second-order valence-corrected chi connectivity index (χ2v) is 35.9. The molecule has 14 heterocycles. The Hall–Kier alpha value is -13.0. The van der Waals surface area contributed by atoms with Crippen molar-refractivity contribution < 1.29 is 36.5 Å². The Balaban J connectivity index is 0.000000103. The number of nitrogens with one attached hydrogen (secondary N) is 6. The summed E-state index contributed by atoms with van der Waals surface area (Å²) in [5.41, 5.74) is 35.0. The van der Waals surface area contributed by atoms with Crippen LogP contribution in [0.1, 0.15) is 99.4 Å². The molecule has 24 rings (SSSR count). The van der Waals surface area contributed by atoms with Crippen LogP contribution in [0.4, 0.5) is 63.6 Å². The van der Waals surface area contributed by atoms with Crippen molar-refractivity contribution in [3.8, 4) is 91.5 Å². The van der Waals surface area contributed by atoms with Gasteiger partial charge in [0.2, 0.25) is 0 Å². The Morgan fingerprint density at radius 2 is 0.693 bits per heavy atom. The van der Waals surface area contributed by atoms with Crippen molar-refractivity contribution in [2.45, 2.75) is 110 Å². The number of benzene rings is 4. The van der Waals surface area contributed by atoms with E-state index in [1.54, 1.807) is 94.0 Å². The van der Waals surface area contributed by atoms with E-state index in [1.165, 1.54) is 24.6 Å². The lowest BCUT2D eigenvalue weighted by Gasteiger charge is -2.33. The van der Waals surface area contributed by atoms with Crippen LogP contribution in [-0.4, -0.2) is 178 Å². The Morgan fingerprint density at radius 3 is 0.961 bits per heavy atom. The zero-order valence-electron chi connectivity index (χ0n) is 71.9. The number of pyridine rings is 4. The van der Waals surface area contributed by atoms with Crippen molar-refractivity contribution >= 4 is 46.0 Å². The number of hydrogen-bond acceptors (Lipinski definition) is 28. The third-order valence-electron chi connectivity index (χ3n) is 27.1. The minimum absolute atomic E-state index is 0.111. The largest absolute Gasteiger partial charge is 0.423 e. The number of ether oxygens (including phenoxy) is 4. The lowest BCUT2D eigenvalue weighted by Crippen LogP contribution is -2.51. The summed E-state index contributed by atoms with van der Waals surface area (Å²) in [6, 6.07) is 22.4. The first-order valence-corrected chi connectivity index (χ1v) is 43.6. The van der Waals surface area contributed by atoms with Crippen LogP contribution in [0.25, 0.3) is 44.5 Å². The molecule has 0 amide bonds. The Bertz CT molecular complexity index is 5980. The normalized spacial score (nSPS) is 20.2. The number of nitrogens with two attached hydrogens (primary N) is 2. The van der Waals surface area contributed by atoms with E-state index in [4.69, 9.17) is 70.3 Å². The molecule has 127 heavy (non-hydrogen) atoms. The van der Waals surface area contributed by atoms with E-state index < -0.39 is 0 Å². The van der Waals surface area contributed by atoms with Gasteiger partial charge in [-0.1, -0.05) is 0 Å².